The number of nitrogens with one attached hydrogen (secondary N) is 1. The molecule has 6 nitrogen and oxygen atoms in total. The van der Waals surface area contributed by atoms with Crippen LogP contribution in [0.15, 0.2) is 30.1 Å². The second kappa shape index (κ2) is 6.37. The molecule has 0 spiro atoms. The van der Waals surface area contributed by atoms with Crippen LogP contribution >= 0.6 is 0 Å². The number of aliphatic hydroxyl groups is 1. The van der Waals surface area contributed by atoms with E-state index in [0.29, 0.717) is 17.7 Å². The molecule has 1 unspecified atom stereocenters. The van der Waals surface area contributed by atoms with Crippen LogP contribution in [-0.4, -0.2) is 30.3 Å². The second-order valence-corrected chi connectivity index (χ2v) is 6.07. The molecule has 7 heteroatoms. The van der Waals surface area contributed by atoms with Crippen LogP contribution < -0.4 is 11.1 Å². The van der Waals surface area contributed by atoms with Gasteiger partial charge in [0, 0.05) is 23.1 Å². The van der Waals surface area contributed by atoms with Gasteiger partial charge < -0.3 is 20.9 Å². The van der Waals surface area contributed by atoms with E-state index >= 15 is 0 Å². The normalized spacial score (nSPS) is 17.9. The Morgan fingerprint density at radius 3 is 2.87 bits per heavy atom. The van der Waals surface area contributed by atoms with E-state index in [-0.39, 0.29) is 23.2 Å². The van der Waals surface area contributed by atoms with E-state index in [9.17, 15) is 19.1 Å². The number of rotatable bonds is 4. The molecular formula is C16H19FN2O4. The predicted molar refractivity (Wildman–Crippen MR) is 81.5 cm³/mol. The first kappa shape index (κ1) is 17.0. The largest absolute Gasteiger partial charge is 0.445 e. The van der Waals surface area contributed by atoms with Gasteiger partial charge in [0.15, 0.2) is 0 Å². The van der Waals surface area contributed by atoms with Gasteiger partial charge in [-0.1, -0.05) is 26.0 Å². The number of hydrogen-bond donors (Lipinski definition) is 3. The fraction of sp³-hybridized carbons (Fsp3) is 0.375. The molecule has 2 rings (SSSR count). The molecule has 1 aliphatic rings. The van der Waals surface area contributed by atoms with Gasteiger partial charge in [-0.05, 0) is 17.2 Å². The Kier molecular flexibility index (Phi) is 4.70. The van der Waals surface area contributed by atoms with Crippen molar-refractivity contribution in [2.45, 2.75) is 25.4 Å². The SMILES string of the molecule is CC1(C)CNC(=O)c2ccc(C(O)C(=CF)COC(N)=O)cc21. The number of hydrogen-bond acceptors (Lipinski definition) is 4. The average Bonchev–Trinajstić information content (AvgIpc) is 2.51. The van der Waals surface area contributed by atoms with Crippen LogP contribution in [0.3, 0.4) is 0 Å². The molecule has 2 amide bonds. The number of benzene rings is 1. The van der Waals surface area contributed by atoms with Crippen LogP contribution in [0.5, 0.6) is 0 Å². The molecular weight excluding hydrogens is 303 g/mol. The third kappa shape index (κ3) is 3.50. The fourth-order valence-corrected chi connectivity index (χ4v) is 2.52. The van der Waals surface area contributed by atoms with Gasteiger partial charge in [-0.25, -0.2) is 9.18 Å². The van der Waals surface area contributed by atoms with Gasteiger partial charge in [0.2, 0.25) is 0 Å². The first-order valence-corrected chi connectivity index (χ1v) is 7.08. The van der Waals surface area contributed by atoms with E-state index < -0.39 is 18.8 Å². The van der Waals surface area contributed by atoms with Crippen molar-refractivity contribution in [3.63, 3.8) is 0 Å². The Morgan fingerprint density at radius 1 is 1.57 bits per heavy atom. The van der Waals surface area contributed by atoms with Crippen LogP contribution in [0.25, 0.3) is 0 Å². The topological polar surface area (TPSA) is 102 Å². The minimum Gasteiger partial charge on any atom is -0.445 e. The summed E-state index contributed by atoms with van der Waals surface area (Å²) in [6.45, 7) is 3.94. The standard InChI is InChI=1S/C16H19FN2O4/c1-16(2)8-19-14(21)11-4-3-9(5-12(11)16)13(20)10(6-17)7-23-15(18)22/h3-6,13,20H,7-8H2,1-2H3,(H2,18,22)(H,19,21). The van der Waals surface area contributed by atoms with E-state index in [0.717, 1.165) is 5.56 Å². The molecule has 0 saturated heterocycles. The van der Waals surface area contributed by atoms with Gasteiger partial charge in [0.25, 0.3) is 5.91 Å². The molecule has 1 aliphatic heterocycles. The maximum absolute atomic E-state index is 13.0. The maximum Gasteiger partial charge on any atom is 0.404 e. The quantitative estimate of drug-likeness (QED) is 0.785. The molecule has 1 aromatic carbocycles. The van der Waals surface area contributed by atoms with Gasteiger partial charge in [0.1, 0.15) is 12.7 Å². The summed E-state index contributed by atoms with van der Waals surface area (Å²) in [6.07, 6.45) is -2.17. The summed E-state index contributed by atoms with van der Waals surface area (Å²) in [4.78, 5) is 22.5. The average molecular weight is 322 g/mol. The number of fused-ring (bicyclic) bond motifs is 1. The number of carbonyl (C=O) groups is 2. The zero-order valence-electron chi connectivity index (χ0n) is 12.9. The van der Waals surface area contributed by atoms with Crippen molar-refractivity contribution in [3.8, 4) is 0 Å². The highest BCUT2D eigenvalue weighted by Gasteiger charge is 2.32. The molecule has 1 heterocycles. The van der Waals surface area contributed by atoms with E-state index in [1.54, 1.807) is 12.1 Å². The van der Waals surface area contributed by atoms with Gasteiger partial charge in [-0.15, -0.1) is 0 Å². The molecule has 0 fully saturated rings. The highest BCUT2D eigenvalue weighted by Crippen LogP contribution is 2.33. The zero-order valence-corrected chi connectivity index (χ0v) is 12.9. The first-order chi connectivity index (χ1) is 10.8. The molecule has 1 atom stereocenters. The summed E-state index contributed by atoms with van der Waals surface area (Å²) < 4.78 is 17.5. The van der Waals surface area contributed by atoms with E-state index in [4.69, 9.17) is 5.73 Å². The molecule has 0 bridgehead atoms. The predicted octanol–water partition coefficient (Wildman–Crippen LogP) is 1.69. The zero-order chi connectivity index (χ0) is 17.2. The lowest BCUT2D eigenvalue weighted by molar-refractivity contribution is 0.0929. The summed E-state index contributed by atoms with van der Waals surface area (Å²) in [5, 5.41) is 13.1. The number of primary amides is 1. The van der Waals surface area contributed by atoms with Gasteiger partial charge in [-0.2, -0.15) is 0 Å². The van der Waals surface area contributed by atoms with Crippen molar-refractivity contribution in [2.75, 3.05) is 13.2 Å². The smallest absolute Gasteiger partial charge is 0.404 e. The Balaban J connectivity index is 2.34. The molecule has 23 heavy (non-hydrogen) atoms. The Labute approximate surface area is 133 Å². The highest BCUT2D eigenvalue weighted by atomic mass is 19.1. The maximum atomic E-state index is 13.0. The summed E-state index contributed by atoms with van der Waals surface area (Å²) in [7, 11) is 0. The van der Waals surface area contributed by atoms with Crippen LogP contribution in [0.2, 0.25) is 0 Å². The lowest BCUT2D eigenvalue weighted by atomic mass is 9.77. The molecule has 1 aromatic rings. The van der Waals surface area contributed by atoms with Gasteiger partial charge >= 0.3 is 6.09 Å². The van der Waals surface area contributed by atoms with Crippen LogP contribution in [0, 0.1) is 0 Å². The Bertz CT molecular complexity index is 670. The molecule has 0 aromatic heterocycles. The fourth-order valence-electron chi connectivity index (χ4n) is 2.52. The molecule has 0 radical (unpaired) electrons. The first-order valence-electron chi connectivity index (χ1n) is 7.08. The third-order valence-electron chi connectivity index (χ3n) is 3.90. The summed E-state index contributed by atoms with van der Waals surface area (Å²) in [6, 6.07) is 4.81. The monoisotopic (exact) mass is 322 g/mol. The molecule has 4 N–H and O–H groups in total. The lowest BCUT2D eigenvalue weighted by Gasteiger charge is -2.33. The number of halogens is 1. The number of carbonyl (C=O) groups excluding carboxylic acids is 2. The van der Waals surface area contributed by atoms with Crippen molar-refractivity contribution in [1.82, 2.24) is 5.32 Å². The second-order valence-electron chi connectivity index (χ2n) is 6.07. The summed E-state index contributed by atoms with van der Waals surface area (Å²) >= 11 is 0. The van der Waals surface area contributed by atoms with Gasteiger partial charge in [0.05, 0.1) is 6.33 Å². The van der Waals surface area contributed by atoms with Crippen molar-refractivity contribution in [2.24, 2.45) is 5.73 Å². The number of ether oxygens (including phenoxy) is 1. The molecule has 0 saturated carbocycles. The Morgan fingerprint density at radius 2 is 2.26 bits per heavy atom. The third-order valence-corrected chi connectivity index (χ3v) is 3.90. The molecule has 124 valence electrons. The highest BCUT2D eigenvalue weighted by molar-refractivity contribution is 5.97. The summed E-state index contributed by atoms with van der Waals surface area (Å²) in [5.41, 5.74) is 6.09. The number of amides is 2. The van der Waals surface area contributed by atoms with Crippen molar-refractivity contribution in [3.05, 3.63) is 46.8 Å². The van der Waals surface area contributed by atoms with Crippen molar-refractivity contribution < 1.29 is 23.8 Å². The van der Waals surface area contributed by atoms with Crippen molar-refractivity contribution >= 4 is 12.0 Å². The minimum atomic E-state index is -1.30. The van der Waals surface area contributed by atoms with Crippen molar-refractivity contribution in [1.29, 1.82) is 0 Å². The summed E-state index contributed by atoms with van der Waals surface area (Å²) in [5.74, 6) is -0.182. The van der Waals surface area contributed by atoms with Gasteiger partial charge in [-0.3, -0.25) is 4.79 Å². The molecule has 0 aliphatic carbocycles. The van der Waals surface area contributed by atoms with Crippen LogP contribution in [-0.2, 0) is 10.2 Å². The van der Waals surface area contributed by atoms with Crippen LogP contribution in [0.1, 0.15) is 41.4 Å². The minimum absolute atomic E-state index is 0.137. The Hall–Kier alpha value is -2.41. The number of aliphatic hydroxyl groups excluding tert-OH is 1. The number of nitrogens with two attached hydrogens (primary N) is 1. The lowest BCUT2D eigenvalue weighted by Crippen LogP contribution is -2.43. The van der Waals surface area contributed by atoms with E-state index in [1.807, 2.05) is 13.8 Å². The van der Waals surface area contributed by atoms with E-state index in [2.05, 4.69) is 10.1 Å². The van der Waals surface area contributed by atoms with Crippen LogP contribution in [0.4, 0.5) is 9.18 Å². The van der Waals surface area contributed by atoms with E-state index in [1.165, 1.54) is 6.07 Å².